The number of hydrogen-bond donors (Lipinski definition) is 0. The molecule has 0 amide bonds. The molecule has 4 fully saturated rings. The Hall–Kier alpha value is -2.45. The van der Waals surface area contributed by atoms with Crippen molar-refractivity contribution in [1.29, 1.82) is 0 Å². The molecular weight excluding hydrogens is 588 g/mol. The molecule has 4 aliphatic carbocycles. The molecule has 4 saturated carbocycles. The van der Waals surface area contributed by atoms with E-state index >= 15 is 0 Å². The number of fused-ring (bicyclic) bond motifs is 5. The molecule has 0 aliphatic heterocycles. The van der Waals surface area contributed by atoms with E-state index < -0.39 is 36.4 Å². The largest absolute Gasteiger partial charge is 0.459 e. The van der Waals surface area contributed by atoms with Crippen LogP contribution < -0.4 is 0 Å². The van der Waals surface area contributed by atoms with Crippen LogP contribution in [0.1, 0.15) is 121 Å². The van der Waals surface area contributed by atoms with Crippen molar-refractivity contribution in [2.45, 2.75) is 145 Å². The van der Waals surface area contributed by atoms with Crippen LogP contribution in [0, 0.1) is 58.2 Å². The second-order valence-electron chi connectivity index (χ2n) is 15.9. The molecule has 0 saturated heterocycles. The lowest BCUT2D eigenvalue weighted by Gasteiger charge is -2.61. The van der Waals surface area contributed by atoms with Crippen molar-refractivity contribution in [3.8, 4) is 0 Å². The molecular formula is C37H58O9. The van der Waals surface area contributed by atoms with E-state index in [9.17, 15) is 24.0 Å². The van der Waals surface area contributed by atoms with Gasteiger partial charge in [-0.3, -0.25) is 24.0 Å². The van der Waals surface area contributed by atoms with E-state index in [1.54, 1.807) is 0 Å². The molecule has 46 heavy (non-hydrogen) atoms. The number of ether oxygens (including phenoxy) is 4. The summed E-state index contributed by atoms with van der Waals surface area (Å²) in [6.07, 6.45) is 3.74. The Kier molecular flexibility index (Phi) is 11.0. The smallest absolute Gasteiger partial charge is 0.303 e. The zero-order valence-electron chi connectivity index (χ0n) is 29.8. The maximum Gasteiger partial charge on any atom is 0.303 e. The quantitative estimate of drug-likeness (QED) is 0.194. The Labute approximate surface area is 275 Å². The lowest BCUT2D eigenvalue weighted by atomic mass is 9.43. The van der Waals surface area contributed by atoms with Crippen LogP contribution in [0.15, 0.2) is 0 Å². The van der Waals surface area contributed by atoms with Crippen molar-refractivity contribution in [2.24, 2.45) is 58.2 Å². The summed E-state index contributed by atoms with van der Waals surface area (Å²) in [4.78, 5) is 62.9. The number of carbonyl (C=O) groups is 5. The van der Waals surface area contributed by atoms with Crippen molar-refractivity contribution in [1.82, 2.24) is 0 Å². The van der Waals surface area contributed by atoms with Crippen LogP contribution in [0.5, 0.6) is 0 Å². The summed E-state index contributed by atoms with van der Waals surface area (Å²) < 4.78 is 23.4. The van der Waals surface area contributed by atoms with E-state index in [2.05, 4.69) is 41.5 Å². The fourth-order valence-electron chi connectivity index (χ4n) is 11.2. The predicted octanol–water partition coefficient (Wildman–Crippen LogP) is 6.48. The number of ketones is 1. The third-order valence-corrected chi connectivity index (χ3v) is 13.0. The third-order valence-electron chi connectivity index (χ3n) is 13.0. The molecule has 0 aromatic rings. The summed E-state index contributed by atoms with van der Waals surface area (Å²) in [6.45, 7) is 18.6. The molecule has 4 aliphatic rings. The van der Waals surface area contributed by atoms with E-state index in [0.29, 0.717) is 25.2 Å². The second kappa shape index (κ2) is 14.0. The van der Waals surface area contributed by atoms with Gasteiger partial charge in [-0.25, -0.2) is 0 Å². The summed E-state index contributed by atoms with van der Waals surface area (Å²) in [5.74, 6) is -0.389. The summed E-state index contributed by atoms with van der Waals surface area (Å²) in [6, 6.07) is 0. The SMILES string of the molecule is CC[C@@H](C(C)C)C(OC(C)=O)C(OC(C)=O)[C@@H](C)[C@H]1CC[C@H]2[C@@H]3CC(=O)[C@H]4C[C@H](OC(C)=O)[C@H](OC(C)=O)C[C@]4(C)[C@H]3CC[C@]12C. The highest BCUT2D eigenvalue weighted by Crippen LogP contribution is 2.68. The fourth-order valence-corrected chi connectivity index (χ4v) is 11.2. The first-order valence-corrected chi connectivity index (χ1v) is 17.7. The first kappa shape index (κ1) is 36.4. The Morgan fingerprint density at radius 1 is 0.783 bits per heavy atom. The average Bonchev–Trinajstić information content (AvgIpc) is 3.28. The number of rotatable bonds is 10. The lowest BCUT2D eigenvalue weighted by Crippen LogP contribution is -2.60. The second-order valence-corrected chi connectivity index (χ2v) is 15.9. The molecule has 260 valence electrons. The van der Waals surface area contributed by atoms with Gasteiger partial charge >= 0.3 is 23.9 Å². The van der Waals surface area contributed by atoms with Crippen LogP contribution in [0.25, 0.3) is 0 Å². The minimum Gasteiger partial charge on any atom is -0.459 e. The van der Waals surface area contributed by atoms with Gasteiger partial charge in [0.05, 0.1) is 0 Å². The number of esters is 4. The Balaban J connectivity index is 1.64. The maximum atomic E-state index is 14.0. The Bertz CT molecular complexity index is 1180. The van der Waals surface area contributed by atoms with Crippen LogP contribution in [0.2, 0.25) is 0 Å². The number of carbonyl (C=O) groups excluding carboxylic acids is 5. The molecule has 0 heterocycles. The van der Waals surface area contributed by atoms with E-state index in [1.807, 2.05) is 0 Å². The Morgan fingerprint density at radius 3 is 1.89 bits per heavy atom. The van der Waals surface area contributed by atoms with E-state index in [4.69, 9.17) is 18.9 Å². The molecule has 9 nitrogen and oxygen atoms in total. The molecule has 0 bridgehead atoms. The fraction of sp³-hybridized carbons (Fsp3) is 0.865. The Morgan fingerprint density at radius 2 is 1.35 bits per heavy atom. The molecule has 0 N–H and O–H groups in total. The topological polar surface area (TPSA) is 122 Å². The monoisotopic (exact) mass is 646 g/mol. The van der Waals surface area contributed by atoms with Crippen molar-refractivity contribution in [2.75, 3.05) is 0 Å². The van der Waals surface area contributed by atoms with Gasteiger partial charge in [0.25, 0.3) is 0 Å². The summed E-state index contributed by atoms with van der Waals surface area (Å²) >= 11 is 0. The lowest BCUT2D eigenvalue weighted by molar-refractivity contribution is -0.197. The van der Waals surface area contributed by atoms with Crippen LogP contribution in [-0.2, 0) is 42.9 Å². The standard InChI is InChI=1S/C37H58O9/c1-11-25(19(2)3)35(46-24(8)41)34(45-23(7)40)20(4)27-12-13-28-26-16-31(42)30-17-32(43-21(5)38)33(44-22(6)39)18-37(30,10)29(26)14-15-36(27,28)9/h19-20,25-30,32-35H,11-18H2,1-10H3/t20-,25-,26-,27+,28-,29-,30+,32-,33+,34?,35?,36+,37+/m0/s1. The van der Waals surface area contributed by atoms with Gasteiger partial charge in [0.15, 0.2) is 0 Å². The molecule has 0 radical (unpaired) electrons. The number of hydrogen-bond acceptors (Lipinski definition) is 9. The maximum absolute atomic E-state index is 14.0. The van der Waals surface area contributed by atoms with Crippen molar-refractivity contribution >= 4 is 29.7 Å². The minimum atomic E-state index is -0.619. The van der Waals surface area contributed by atoms with E-state index in [1.165, 1.54) is 27.7 Å². The normalized spacial score (nSPS) is 37.9. The zero-order valence-corrected chi connectivity index (χ0v) is 29.8. The van der Waals surface area contributed by atoms with Crippen LogP contribution >= 0.6 is 0 Å². The predicted molar refractivity (Wildman–Crippen MR) is 171 cm³/mol. The first-order valence-electron chi connectivity index (χ1n) is 17.7. The molecule has 0 spiro atoms. The summed E-state index contributed by atoms with van der Waals surface area (Å²) in [5, 5.41) is 0. The van der Waals surface area contributed by atoms with Gasteiger partial charge in [-0.05, 0) is 85.4 Å². The van der Waals surface area contributed by atoms with Crippen molar-refractivity contribution < 1.29 is 42.9 Å². The average molecular weight is 647 g/mol. The van der Waals surface area contributed by atoms with Crippen molar-refractivity contribution in [3.63, 3.8) is 0 Å². The highest BCUT2D eigenvalue weighted by atomic mass is 16.6. The van der Waals surface area contributed by atoms with Crippen LogP contribution in [-0.4, -0.2) is 54.1 Å². The van der Waals surface area contributed by atoms with Gasteiger partial charge in [-0.2, -0.15) is 0 Å². The summed E-state index contributed by atoms with van der Waals surface area (Å²) in [7, 11) is 0. The first-order chi connectivity index (χ1) is 21.4. The van der Waals surface area contributed by atoms with Gasteiger partial charge in [-0.15, -0.1) is 0 Å². The molecule has 13 atom stereocenters. The molecule has 2 unspecified atom stereocenters. The molecule has 4 rings (SSSR count). The van der Waals surface area contributed by atoms with E-state index in [-0.39, 0.29) is 70.0 Å². The zero-order chi connectivity index (χ0) is 34.3. The highest BCUT2D eigenvalue weighted by molar-refractivity contribution is 5.83. The molecule has 9 heteroatoms. The highest BCUT2D eigenvalue weighted by Gasteiger charge is 2.65. The van der Waals surface area contributed by atoms with Gasteiger partial charge < -0.3 is 18.9 Å². The van der Waals surface area contributed by atoms with E-state index in [0.717, 1.165) is 32.1 Å². The minimum absolute atomic E-state index is 0.0385. The summed E-state index contributed by atoms with van der Waals surface area (Å²) in [5.41, 5.74) is -0.443. The molecule has 0 aromatic carbocycles. The molecule has 0 aromatic heterocycles. The van der Waals surface area contributed by atoms with Gasteiger partial charge in [0.1, 0.15) is 30.2 Å². The van der Waals surface area contributed by atoms with Crippen LogP contribution in [0.3, 0.4) is 0 Å². The van der Waals surface area contributed by atoms with Gasteiger partial charge in [0.2, 0.25) is 0 Å². The van der Waals surface area contributed by atoms with Gasteiger partial charge in [-0.1, -0.05) is 41.5 Å². The van der Waals surface area contributed by atoms with Crippen molar-refractivity contribution in [3.05, 3.63) is 0 Å². The van der Waals surface area contributed by atoms with Crippen LogP contribution in [0.4, 0.5) is 0 Å². The third kappa shape index (κ3) is 6.89. The van der Waals surface area contributed by atoms with Gasteiger partial charge in [0, 0.05) is 51.9 Å². The number of Topliss-reactive ketones (excluding diaryl/α,β-unsaturated/α-hetero) is 1.